The van der Waals surface area contributed by atoms with Gasteiger partial charge in [0.1, 0.15) is 0 Å². The molecule has 0 aromatic heterocycles. The molecular weight excluding hydrogens is 178 g/mol. The van der Waals surface area contributed by atoms with E-state index >= 15 is 0 Å². The van der Waals surface area contributed by atoms with E-state index in [0.29, 0.717) is 12.5 Å². The molecule has 0 bridgehead atoms. The highest BCUT2D eigenvalue weighted by molar-refractivity contribution is 5.83. The fourth-order valence-corrected chi connectivity index (χ4v) is 2.48. The van der Waals surface area contributed by atoms with Gasteiger partial charge in [-0.05, 0) is 6.92 Å². The van der Waals surface area contributed by atoms with Crippen LogP contribution in [0.2, 0.25) is 0 Å². The van der Waals surface area contributed by atoms with Crippen LogP contribution in [0.5, 0.6) is 0 Å². The number of oxime groups is 1. The van der Waals surface area contributed by atoms with E-state index in [4.69, 9.17) is 9.57 Å². The predicted octanol–water partition coefficient (Wildman–Crippen LogP) is 1.66. The van der Waals surface area contributed by atoms with E-state index in [2.05, 4.69) is 23.4 Å². The van der Waals surface area contributed by atoms with Crippen LogP contribution in [0.1, 0.15) is 13.3 Å². The molecule has 3 rings (SSSR count). The molecule has 1 unspecified atom stereocenters. The van der Waals surface area contributed by atoms with E-state index in [1.807, 2.05) is 13.0 Å². The van der Waals surface area contributed by atoms with Crippen LogP contribution in [0.3, 0.4) is 0 Å². The van der Waals surface area contributed by atoms with Crippen molar-refractivity contribution in [3.8, 4) is 0 Å². The van der Waals surface area contributed by atoms with Gasteiger partial charge >= 0.3 is 0 Å². The molecule has 3 heteroatoms. The Labute approximate surface area is 83.1 Å². The first-order valence-electron chi connectivity index (χ1n) is 4.98. The van der Waals surface area contributed by atoms with Gasteiger partial charge in [-0.15, -0.1) is 0 Å². The van der Waals surface area contributed by atoms with Gasteiger partial charge in [0.05, 0.1) is 24.3 Å². The lowest BCUT2D eigenvalue weighted by molar-refractivity contribution is -0.0380. The van der Waals surface area contributed by atoms with E-state index in [1.165, 1.54) is 0 Å². The van der Waals surface area contributed by atoms with Gasteiger partial charge in [-0.1, -0.05) is 29.5 Å². The molecule has 2 heterocycles. The lowest BCUT2D eigenvalue weighted by Crippen LogP contribution is -2.38. The summed E-state index contributed by atoms with van der Waals surface area (Å²) in [6.07, 6.45) is 9.44. The summed E-state index contributed by atoms with van der Waals surface area (Å²) in [6, 6.07) is 0. The van der Waals surface area contributed by atoms with Crippen LogP contribution in [0, 0.1) is 5.92 Å². The van der Waals surface area contributed by atoms with Crippen molar-refractivity contribution in [3.05, 3.63) is 24.3 Å². The molecule has 0 radical (unpaired) electrons. The van der Waals surface area contributed by atoms with Gasteiger partial charge in [0.2, 0.25) is 0 Å². The van der Waals surface area contributed by atoms with Crippen molar-refractivity contribution in [2.24, 2.45) is 11.1 Å². The number of rotatable bonds is 0. The molecule has 2 aliphatic heterocycles. The van der Waals surface area contributed by atoms with Crippen LogP contribution in [0.4, 0.5) is 0 Å². The number of hydrogen-bond donors (Lipinski definition) is 0. The zero-order valence-electron chi connectivity index (χ0n) is 8.14. The van der Waals surface area contributed by atoms with Crippen molar-refractivity contribution < 1.29 is 9.57 Å². The third-order valence-electron chi connectivity index (χ3n) is 3.15. The second-order valence-electron chi connectivity index (χ2n) is 4.23. The summed E-state index contributed by atoms with van der Waals surface area (Å²) in [5, 5.41) is 4.04. The van der Waals surface area contributed by atoms with Gasteiger partial charge < -0.3 is 9.57 Å². The predicted molar refractivity (Wildman–Crippen MR) is 53.1 cm³/mol. The van der Waals surface area contributed by atoms with E-state index < -0.39 is 0 Å². The molecule has 1 aliphatic carbocycles. The summed E-state index contributed by atoms with van der Waals surface area (Å²) < 4.78 is 5.71. The van der Waals surface area contributed by atoms with Gasteiger partial charge in [0, 0.05) is 6.42 Å². The second kappa shape index (κ2) is 2.70. The Hall–Kier alpha value is -1.09. The standard InChI is InChI=1S/C11H13NO2/c1-8-6-11(14-12-8)7-13-10-5-3-2-4-9(10)11/h2-5,9-10H,6-7H2,1H3/t9-,10?,11+/m1/s1. The summed E-state index contributed by atoms with van der Waals surface area (Å²) in [6.45, 7) is 2.66. The summed E-state index contributed by atoms with van der Waals surface area (Å²) in [7, 11) is 0. The van der Waals surface area contributed by atoms with E-state index in [-0.39, 0.29) is 11.7 Å². The average molecular weight is 191 g/mol. The van der Waals surface area contributed by atoms with Gasteiger partial charge in [0.15, 0.2) is 5.60 Å². The number of nitrogens with zero attached hydrogens (tertiary/aromatic N) is 1. The quantitative estimate of drug-likeness (QED) is 0.583. The van der Waals surface area contributed by atoms with Crippen molar-refractivity contribution in [2.45, 2.75) is 25.0 Å². The van der Waals surface area contributed by atoms with Crippen LogP contribution in [0.25, 0.3) is 0 Å². The van der Waals surface area contributed by atoms with Crippen LogP contribution in [-0.4, -0.2) is 24.0 Å². The molecule has 14 heavy (non-hydrogen) atoms. The molecule has 0 N–H and O–H groups in total. The van der Waals surface area contributed by atoms with E-state index in [9.17, 15) is 0 Å². The van der Waals surface area contributed by atoms with E-state index in [1.54, 1.807) is 0 Å². The smallest absolute Gasteiger partial charge is 0.175 e. The van der Waals surface area contributed by atoms with Crippen LogP contribution < -0.4 is 0 Å². The summed E-state index contributed by atoms with van der Waals surface area (Å²) >= 11 is 0. The minimum atomic E-state index is -0.212. The molecular formula is C11H13NO2. The lowest BCUT2D eigenvalue weighted by Gasteiger charge is -2.26. The number of hydrogen-bond acceptors (Lipinski definition) is 3. The molecule has 0 amide bonds. The molecule has 1 fully saturated rings. The Morgan fingerprint density at radius 2 is 2.29 bits per heavy atom. The molecule has 3 atom stereocenters. The first-order valence-corrected chi connectivity index (χ1v) is 4.98. The Balaban J connectivity index is 1.90. The summed E-state index contributed by atoms with van der Waals surface area (Å²) in [5.74, 6) is 0.327. The van der Waals surface area contributed by atoms with Crippen molar-refractivity contribution >= 4 is 5.71 Å². The third-order valence-corrected chi connectivity index (χ3v) is 3.15. The molecule has 0 saturated carbocycles. The number of allylic oxidation sites excluding steroid dienone is 2. The molecule has 1 saturated heterocycles. The van der Waals surface area contributed by atoms with E-state index in [0.717, 1.165) is 12.1 Å². The van der Waals surface area contributed by atoms with Gasteiger partial charge in [0.25, 0.3) is 0 Å². The van der Waals surface area contributed by atoms with Crippen LogP contribution in [0.15, 0.2) is 29.5 Å². The average Bonchev–Trinajstić information content (AvgIpc) is 2.75. The normalized spacial score (nSPS) is 43.9. The molecule has 74 valence electrons. The second-order valence-corrected chi connectivity index (χ2v) is 4.23. The fourth-order valence-electron chi connectivity index (χ4n) is 2.48. The Kier molecular flexibility index (Phi) is 1.59. The highest BCUT2D eigenvalue weighted by Crippen LogP contribution is 2.42. The SMILES string of the molecule is CC1=NO[C@]2(COC3C=CC=C[C@H]32)C1. The van der Waals surface area contributed by atoms with Crippen molar-refractivity contribution in [3.63, 3.8) is 0 Å². The highest BCUT2D eigenvalue weighted by atomic mass is 16.7. The summed E-state index contributed by atoms with van der Waals surface area (Å²) in [4.78, 5) is 5.56. The number of fused-ring (bicyclic) bond motifs is 2. The van der Waals surface area contributed by atoms with Gasteiger partial charge in [-0.3, -0.25) is 0 Å². The van der Waals surface area contributed by atoms with Crippen LogP contribution in [-0.2, 0) is 9.57 Å². The highest BCUT2D eigenvalue weighted by Gasteiger charge is 2.53. The minimum Gasteiger partial charge on any atom is -0.386 e. The van der Waals surface area contributed by atoms with Crippen molar-refractivity contribution in [1.29, 1.82) is 0 Å². The molecule has 1 spiro atoms. The minimum absolute atomic E-state index is 0.182. The monoisotopic (exact) mass is 191 g/mol. The zero-order chi connectivity index (χ0) is 9.60. The molecule has 0 aromatic carbocycles. The maximum Gasteiger partial charge on any atom is 0.175 e. The topological polar surface area (TPSA) is 30.8 Å². The zero-order valence-corrected chi connectivity index (χ0v) is 8.14. The molecule has 3 nitrogen and oxygen atoms in total. The lowest BCUT2D eigenvalue weighted by atomic mass is 9.81. The van der Waals surface area contributed by atoms with Gasteiger partial charge in [-0.2, -0.15) is 0 Å². The van der Waals surface area contributed by atoms with Gasteiger partial charge in [-0.25, -0.2) is 0 Å². The fraction of sp³-hybridized carbons (Fsp3) is 0.545. The number of ether oxygens (including phenoxy) is 1. The first-order chi connectivity index (χ1) is 6.80. The first kappa shape index (κ1) is 8.24. The Morgan fingerprint density at radius 3 is 3.07 bits per heavy atom. The Morgan fingerprint density at radius 1 is 1.43 bits per heavy atom. The Bertz CT molecular complexity index is 345. The maximum atomic E-state index is 5.71. The third kappa shape index (κ3) is 0.989. The van der Waals surface area contributed by atoms with Crippen molar-refractivity contribution in [1.82, 2.24) is 0 Å². The van der Waals surface area contributed by atoms with Crippen molar-refractivity contribution in [2.75, 3.05) is 6.61 Å². The van der Waals surface area contributed by atoms with Crippen LogP contribution >= 0.6 is 0 Å². The molecule has 0 aromatic rings. The molecule has 3 aliphatic rings. The largest absolute Gasteiger partial charge is 0.386 e. The summed E-state index contributed by atoms with van der Waals surface area (Å²) in [5.41, 5.74) is 0.855. The maximum absolute atomic E-state index is 5.71.